The van der Waals surface area contributed by atoms with Gasteiger partial charge in [0.15, 0.2) is 0 Å². The molecule has 23 heteroatoms. The topological polar surface area (TPSA) is 178 Å². The fourth-order valence-electron chi connectivity index (χ4n) is 10.8. The van der Waals surface area contributed by atoms with Crippen LogP contribution in [0, 0.1) is 22.7 Å². The van der Waals surface area contributed by atoms with E-state index < -0.39 is 151 Å². The van der Waals surface area contributed by atoms with Crippen LogP contribution < -0.4 is 16.0 Å². The Bertz CT molecular complexity index is 2170. The largest absolute Gasteiger partial charge is 0.403 e. The molecule has 5 fully saturated rings. The zero-order chi connectivity index (χ0) is 51.8. The summed E-state index contributed by atoms with van der Waals surface area (Å²) in [6.45, 7) is 2.72. The van der Waals surface area contributed by atoms with E-state index in [2.05, 4.69) is 16.0 Å². The summed E-state index contributed by atoms with van der Waals surface area (Å²) in [5, 5.41) is 8.68. The zero-order valence-electron chi connectivity index (χ0n) is 40.1. The van der Waals surface area contributed by atoms with Gasteiger partial charge in [0.1, 0.15) is 47.8 Å². The Morgan fingerprint density at radius 1 is 0.943 bits per heavy atom. The van der Waals surface area contributed by atoms with Crippen molar-refractivity contribution in [1.82, 2.24) is 35.6 Å². The molecule has 1 spiro atoms. The summed E-state index contributed by atoms with van der Waals surface area (Å²) >= 11 is 12.8. The predicted octanol–water partition coefficient (Wildman–Crippen LogP) is 5.09. The number of ether oxygens (including phenoxy) is 1. The minimum atomic E-state index is -5.18. The van der Waals surface area contributed by atoms with Crippen LogP contribution in [0.15, 0.2) is 18.2 Å². The van der Waals surface area contributed by atoms with E-state index in [9.17, 15) is 55.5 Å². The van der Waals surface area contributed by atoms with E-state index in [4.69, 9.17) is 27.9 Å². The van der Waals surface area contributed by atoms with Crippen LogP contribution in [0.5, 0.6) is 0 Å². The van der Waals surface area contributed by atoms with Gasteiger partial charge in [-0.1, -0.05) is 37.0 Å². The molecule has 15 nitrogen and oxygen atoms in total. The van der Waals surface area contributed by atoms with Crippen LogP contribution in [0.4, 0.5) is 26.3 Å². The molecule has 3 saturated carbocycles. The highest BCUT2D eigenvalue weighted by atomic mass is 35.5. The summed E-state index contributed by atoms with van der Waals surface area (Å²) in [4.78, 5) is 104. The molecule has 7 amide bonds. The number of methoxy groups -OCH3 is 1. The van der Waals surface area contributed by atoms with Crippen molar-refractivity contribution >= 4 is 64.6 Å². The van der Waals surface area contributed by atoms with Gasteiger partial charge in [-0.25, -0.2) is 13.2 Å². The molecule has 0 unspecified atom stereocenters. The van der Waals surface area contributed by atoms with Crippen LogP contribution in [0.3, 0.4) is 0 Å². The molecule has 7 atom stereocenters. The van der Waals surface area contributed by atoms with Crippen LogP contribution >= 0.6 is 23.2 Å². The van der Waals surface area contributed by atoms with Crippen LogP contribution in [-0.4, -0.2) is 163 Å². The molecule has 0 radical (unpaired) electrons. The summed E-state index contributed by atoms with van der Waals surface area (Å²) in [7, 11) is 5.57. The van der Waals surface area contributed by atoms with Crippen molar-refractivity contribution in [3.8, 4) is 0 Å². The fourth-order valence-corrected chi connectivity index (χ4v) is 11.2. The molecular weight excluding hydrogens is 975 g/mol. The summed E-state index contributed by atoms with van der Waals surface area (Å²) in [6.07, 6.45) is -9.85. The molecule has 1 aromatic carbocycles. The summed E-state index contributed by atoms with van der Waals surface area (Å²) in [5.74, 6) is -9.95. The molecule has 2 aliphatic heterocycles. The van der Waals surface area contributed by atoms with E-state index in [1.165, 1.54) is 39.2 Å². The number of carbonyl (C=O) groups excluding carboxylic acids is 7. The van der Waals surface area contributed by atoms with E-state index in [-0.39, 0.29) is 49.8 Å². The summed E-state index contributed by atoms with van der Waals surface area (Å²) in [5.41, 5.74) is -4.06. The molecule has 5 aliphatic rings. The highest BCUT2D eigenvalue weighted by Gasteiger charge is 2.77. The molecule has 70 heavy (non-hydrogen) atoms. The molecule has 2 saturated heterocycles. The maximum absolute atomic E-state index is 15.1. The van der Waals surface area contributed by atoms with Crippen molar-refractivity contribution in [1.29, 1.82) is 0 Å². The Labute approximate surface area is 413 Å². The lowest BCUT2D eigenvalue weighted by atomic mass is 9.43. The van der Waals surface area contributed by atoms with Crippen molar-refractivity contribution in [3.05, 3.63) is 33.8 Å². The molecule has 2 heterocycles. The number of benzene rings is 1. The minimum absolute atomic E-state index is 0.00459. The molecule has 0 bridgehead atoms. The third kappa shape index (κ3) is 11.9. The van der Waals surface area contributed by atoms with Gasteiger partial charge in [-0.15, -0.1) is 0 Å². The average molecular weight is 1040 g/mol. The zero-order valence-corrected chi connectivity index (χ0v) is 41.6. The predicted molar refractivity (Wildman–Crippen MR) is 244 cm³/mol. The number of nitrogens with zero attached hydrogens (tertiary/aromatic N) is 4. The summed E-state index contributed by atoms with van der Waals surface area (Å²) in [6, 6.07) is -3.52. The third-order valence-corrected chi connectivity index (χ3v) is 15.2. The van der Waals surface area contributed by atoms with Crippen molar-refractivity contribution in [2.45, 2.75) is 145 Å². The SMILES string of the molecule is COC[C@H]1NC(=O)[C@H](Cc2cc(Cl)ccc2Cl)N(C)C(=O)[C@H](CC(C)C)NC(=O)[C@@H](N(C)C(=O)[C@@H](NC(=O)[C@@H]2C[C@@H](F)CN2C(=O)C2(C(F)(F)F)CC3(CC(F)(F)C3)C2)C2CC2)CCCCN(C)C1=O. The molecule has 0 aromatic heterocycles. The normalized spacial score (nSPS) is 27.9. The second-order valence-corrected chi connectivity index (χ2v) is 21.4. The van der Waals surface area contributed by atoms with Crippen molar-refractivity contribution in [3.63, 3.8) is 0 Å². The monoisotopic (exact) mass is 1040 g/mol. The van der Waals surface area contributed by atoms with Gasteiger partial charge in [0.25, 0.3) is 0 Å². The Balaban J connectivity index is 1.26. The number of alkyl halides is 6. The number of hydrogen-bond donors (Lipinski definition) is 3. The van der Waals surface area contributed by atoms with Crippen molar-refractivity contribution in [2.24, 2.45) is 22.7 Å². The maximum Gasteiger partial charge on any atom is 0.403 e. The van der Waals surface area contributed by atoms with Crippen LogP contribution in [0.1, 0.15) is 90.0 Å². The van der Waals surface area contributed by atoms with E-state index in [0.29, 0.717) is 34.7 Å². The standard InChI is InChI=1S/C47H63Cl2F6N7O8/c1-25(2)15-31-41(67)61(5)34(17-27-16-28(48)12-13-30(27)49)38(64)57-32(20-70-6)40(66)59(3)14-8-7-9-33(37(63)56-31)60(4)42(68)36(26-10-11-26)58-39(65)35-18-29(50)19-62(35)43(69)45(47(53,54)55)21-44(22-45)23-46(51,52)24-44/h12-13,16,25-26,29,31-36H,7-11,14-15,17-24H2,1-6H3,(H,56,63)(H,57,64)(H,58,65)/t29-,31+,32-,33+,34+,35+,36+/m1/s1. The minimum Gasteiger partial charge on any atom is -0.382 e. The van der Waals surface area contributed by atoms with Crippen LogP contribution in [-0.2, 0) is 44.7 Å². The van der Waals surface area contributed by atoms with E-state index in [1.807, 2.05) is 13.8 Å². The van der Waals surface area contributed by atoms with Gasteiger partial charge in [-0.2, -0.15) is 13.2 Å². The first kappa shape index (κ1) is 55.0. The van der Waals surface area contributed by atoms with Gasteiger partial charge in [0.2, 0.25) is 47.3 Å². The Morgan fingerprint density at radius 2 is 1.59 bits per heavy atom. The maximum atomic E-state index is 15.1. The summed E-state index contributed by atoms with van der Waals surface area (Å²) < 4.78 is 92.1. The van der Waals surface area contributed by atoms with Gasteiger partial charge < -0.3 is 40.3 Å². The van der Waals surface area contributed by atoms with Crippen molar-refractivity contribution in [2.75, 3.05) is 47.9 Å². The third-order valence-electron chi connectivity index (χ3n) is 14.6. The van der Waals surface area contributed by atoms with Gasteiger partial charge in [-0.3, -0.25) is 33.6 Å². The Morgan fingerprint density at radius 3 is 2.17 bits per heavy atom. The van der Waals surface area contributed by atoms with E-state index in [1.54, 1.807) is 12.1 Å². The number of rotatable bonds is 12. The molecule has 3 N–H and O–H groups in total. The van der Waals surface area contributed by atoms with Gasteiger partial charge in [0, 0.05) is 70.5 Å². The van der Waals surface area contributed by atoms with Gasteiger partial charge >= 0.3 is 6.18 Å². The second-order valence-electron chi connectivity index (χ2n) is 20.6. The highest BCUT2D eigenvalue weighted by Crippen LogP contribution is 2.73. The lowest BCUT2D eigenvalue weighted by Gasteiger charge is -2.62. The molecule has 390 valence electrons. The molecule has 6 rings (SSSR count). The van der Waals surface area contributed by atoms with Crippen LogP contribution in [0.25, 0.3) is 0 Å². The van der Waals surface area contributed by atoms with Gasteiger partial charge in [-0.05, 0) is 92.4 Å². The number of amides is 7. The number of carbonyl (C=O) groups is 7. The van der Waals surface area contributed by atoms with Crippen LogP contribution in [0.2, 0.25) is 10.0 Å². The second kappa shape index (κ2) is 21.4. The Hall–Kier alpha value is -4.37. The highest BCUT2D eigenvalue weighted by molar-refractivity contribution is 6.33. The molecule has 3 aliphatic carbocycles. The first-order chi connectivity index (χ1) is 32.6. The quantitative estimate of drug-likeness (QED) is 0.243. The first-order valence-corrected chi connectivity index (χ1v) is 24.4. The van der Waals surface area contributed by atoms with Gasteiger partial charge in [0.05, 0.1) is 13.2 Å². The van der Waals surface area contributed by atoms with E-state index in [0.717, 1.165) is 9.80 Å². The number of nitrogens with one attached hydrogen (secondary N) is 3. The first-order valence-electron chi connectivity index (χ1n) is 23.6. The lowest BCUT2D eigenvalue weighted by Crippen LogP contribution is -2.68. The number of likely N-dealkylation sites (tertiary alicyclic amines) is 1. The number of hydrogen-bond acceptors (Lipinski definition) is 8. The average Bonchev–Trinajstić information content (AvgIpc) is 4.02. The molecular formula is C47H63Cl2F6N7O8. The fraction of sp³-hybridized carbons (Fsp3) is 0.723. The van der Waals surface area contributed by atoms with E-state index >= 15 is 4.39 Å². The lowest BCUT2D eigenvalue weighted by molar-refractivity contribution is -0.314. The number of likely N-dealkylation sites (N-methyl/N-ethyl adjacent to an activating group) is 3. The number of halogens is 8. The molecule has 1 aromatic rings. The Kier molecular flexibility index (Phi) is 16.8. The van der Waals surface area contributed by atoms with Crippen molar-refractivity contribution < 1.29 is 64.6 Å². The smallest absolute Gasteiger partial charge is 0.382 e.